The first kappa shape index (κ1) is 14.0. The zero-order valence-corrected chi connectivity index (χ0v) is 10.5. The van der Waals surface area contributed by atoms with Gasteiger partial charge in [-0.15, -0.1) is 0 Å². The van der Waals surface area contributed by atoms with Crippen molar-refractivity contribution in [1.82, 2.24) is 4.90 Å². The summed E-state index contributed by atoms with van der Waals surface area (Å²) in [5.41, 5.74) is 0. The highest BCUT2D eigenvalue weighted by molar-refractivity contribution is 5.79. The quantitative estimate of drug-likeness (QED) is 0.706. The van der Waals surface area contributed by atoms with Crippen LogP contribution < -0.4 is 0 Å². The number of ether oxygens (including phenoxy) is 1. The van der Waals surface area contributed by atoms with Crippen LogP contribution in [0.3, 0.4) is 0 Å². The van der Waals surface area contributed by atoms with E-state index >= 15 is 0 Å². The lowest BCUT2D eigenvalue weighted by Crippen LogP contribution is -2.30. The Morgan fingerprint density at radius 3 is 2.59 bits per heavy atom. The third kappa shape index (κ3) is 4.00. The van der Waals surface area contributed by atoms with Crippen molar-refractivity contribution in [2.24, 2.45) is 11.8 Å². The largest absolute Gasteiger partial charge is 0.481 e. The summed E-state index contributed by atoms with van der Waals surface area (Å²) in [5, 5.41) is 8.97. The highest BCUT2D eigenvalue weighted by atomic mass is 16.5. The molecule has 0 aliphatic carbocycles. The molecule has 1 heterocycles. The van der Waals surface area contributed by atoms with E-state index in [2.05, 4.69) is 0 Å². The molecule has 1 amide bonds. The van der Waals surface area contributed by atoms with Crippen molar-refractivity contribution < 1.29 is 19.4 Å². The zero-order chi connectivity index (χ0) is 12.8. The fraction of sp³-hybridized carbons (Fsp3) is 0.833. The fourth-order valence-electron chi connectivity index (χ4n) is 2.06. The van der Waals surface area contributed by atoms with Crippen LogP contribution in [-0.2, 0) is 14.3 Å². The van der Waals surface area contributed by atoms with Crippen molar-refractivity contribution in [3.05, 3.63) is 0 Å². The molecule has 1 rings (SSSR count). The van der Waals surface area contributed by atoms with Gasteiger partial charge in [0.05, 0.1) is 18.9 Å². The number of carbonyl (C=O) groups excluding carboxylic acids is 1. The number of likely N-dealkylation sites (tertiary alicyclic amines) is 1. The number of nitrogens with zero attached hydrogens (tertiary/aromatic N) is 1. The van der Waals surface area contributed by atoms with Gasteiger partial charge < -0.3 is 14.7 Å². The summed E-state index contributed by atoms with van der Waals surface area (Å²) < 4.78 is 5.25. The van der Waals surface area contributed by atoms with E-state index in [9.17, 15) is 9.59 Å². The van der Waals surface area contributed by atoms with Crippen LogP contribution in [0.15, 0.2) is 0 Å². The van der Waals surface area contributed by atoms with Crippen molar-refractivity contribution in [2.75, 3.05) is 26.3 Å². The molecule has 2 unspecified atom stereocenters. The van der Waals surface area contributed by atoms with Crippen LogP contribution in [0, 0.1) is 11.8 Å². The summed E-state index contributed by atoms with van der Waals surface area (Å²) in [6.45, 7) is 5.87. The zero-order valence-electron chi connectivity index (χ0n) is 10.5. The Morgan fingerprint density at radius 2 is 2.06 bits per heavy atom. The molecule has 0 aromatic carbocycles. The number of rotatable bonds is 6. The van der Waals surface area contributed by atoms with Crippen LogP contribution in [0.1, 0.15) is 26.7 Å². The van der Waals surface area contributed by atoms with Gasteiger partial charge in [-0.1, -0.05) is 13.8 Å². The second kappa shape index (κ2) is 6.59. The first-order valence-electron chi connectivity index (χ1n) is 6.14. The Balaban J connectivity index is 2.32. The molecule has 1 aliphatic heterocycles. The molecule has 5 nitrogen and oxygen atoms in total. The third-order valence-corrected chi connectivity index (χ3v) is 3.09. The molecular formula is C12H21NO4. The van der Waals surface area contributed by atoms with E-state index in [4.69, 9.17) is 9.84 Å². The minimum atomic E-state index is -0.810. The monoisotopic (exact) mass is 243 g/mol. The Kier molecular flexibility index (Phi) is 5.41. The number of hydrogen-bond donors (Lipinski definition) is 1. The molecule has 5 heteroatoms. The van der Waals surface area contributed by atoms with Gasteiger partial charge in [0.15, 0.2) is 0 Å². The normalized spacial score (nSPS) is 24.0. The maximum absolute atomic E-state index is 11.8. The molecule has 0 spiro atoms. The molecule has 2 atom stereocenters. The average Bonchev–Trinajstić information content (AvgIpc) is 2.66. The number of hydrogen-bond acceptors (Lipinski definition) is 3. The first-order valence-corrected chi connectivity index (χ1v) is 6.14. The standard InChI is InChI=1S/C12H21NO4/c1-3-5-17-6-4-11(14)13-7-9(2)10(8-13)12(15)16/h9-10H,3-8H2,1-2H3,(H,15,16). The summed E-state index contributed by atoms with van der Waals surface area (Å²) >= 11 is 0. The van der Waals surface area contributed by atoms with Crippen LogP contribution in [0.25, 0.3) is 0 Å². The summed E-state index contributed by atoms with van der Waals surface area (Å²) in [5.74, 6) is -1.20. The highest BCUT2D eigenvalue weighted by Gasteiger charge is 2.36. The van der Waals surface area contributed by atoms with Crippen LogP contribution in [0.5, 0.6) is 0 Å². The van der Waals surface area contributed by atoms with E-state index in [1.165, 1.54) is 0 Å². The smallest absolute Gasteiger partial charge is 0.308 e. The Labute approximate surface area is 102 Å². The minimum absolute atomic E-state index is 0.00305. The van der Waals surface area contributed by atoms with E-state index in [-0.39, 0.29) is 11.8 Å². The summed E-state index contributed by atoms with van der Waals surface area (Å²) in [4.78, 5) is 24.3. The van der Waals surface area contributed by atoms with Gasteiger partial charge >= 0.3 is 5.97 Å². The highest BCUT2D eigenvalue weighted by Crippen LogP contribution is 2.23. The van der Waals surface area contributed by atoms with E-state index in [1.54, 1.807) is 4.90 Å². The predicted octanol–water partition coefficient (Wildman–Crippen LogP) is 0.982. The van der Waals surface area contributed by atoms with Crippen molar-refractivity contribution in [1.29, 1.82) is 0 Å². The molecule has 0 radical (unpaired) electrons. The van der Waals surface area contributed by atoms with Gasteiger partial charge in [0.1, 0.15) is 0 Å². The number of carbonyl (C=O) groups is 2. The van der Waals surface area contributed by atoms with Gasteiger partial charge in [-0.3, -0.25) is 9.59 Å². The molecule has 98 valence electrons. The maximum Gasteiger partial charge on any atom is 0.308 e. The molecule has 0 aromatic rings. The Morgan fingerprint density at radius 1 is 1.35 bits per heavy atom. The van der Waals surface area contributed by atoms with E-state index in [0.717, 1.165) is 6.42 Å². The van der Waals surface area contributed by atoms with Crippen molar-refractivity contribution >= 4 is 11.9 Å². The van der Waals surface area contributed by atoms with E-state index in [1.807, 2.05) is 13.8 Å². The fourth-order valence-corrected chi connectivity index (χ4v) is 2.06. The third-order valence-electron chi connectivity index (χ3n) is 3.09. The summed E-state index contributed by atoms with van der Waals surface area (Å²) in [6.07, 6.45) is 1.29. The second-order valence-corrected chi connectivity index (χ2v) is 4.58. The second-order valence-electron chi connectivity index (χ2n) is 4.58. The molecule has 1 aliphatic rings. The Bertz CT molecular complexity index is 280. The van der Waals surface area contributed by atoms with Gasteiger partial charge in [0, 0.05) is 19.7 Å². The molecule has 1 fully saturated rings. The molecule has 0 bridgehead atoms. The molecule has 0 saturated carbocycles. The van der Waals surface area contributed by atoms with Crippen LogP contribution in [0.2, 0.25) is 0 Å². The molecule has 0 aromatic heterocycles. The van der Waals surface area contributed by atoms with Gasteiger partial charge in [-0.05, 0) is 12.3 Å². The van der Waals surface area contributed by atoms with Crippen LogP contribution >= 0.6 is 0 Å². The topological polar surface area (TPSA) is 66.8 Å². The van der Waals surface area contributed by atoms with Gasteiger partial charge in [0.2, 0.25) is 5.91 Å². The molecule has 1 N–H and O–H groups in total. The lowest BCUT2D eigenvalue weighted by Gasteiger charge is -2.15. The van der Waals surface area contributed by atoms with Gasteiger partial charge in [-0.2, -0.15) is 0 Å². The van der Waals surface area contributed by atoms with Gasteiger partial charge in [-0.25, -0.2) is 0 Å². The van der Waals surface area contributed by atoms with Crippen molar-refractivity contribution in [2.45, 2.75) is 26.7 Å². The SMILES string of the molecule is CCCOCCC(=O)N1CC(C)C(C(=O)O)C1. The predicted molar refractivity (Wildman–Crippen MR) is 62.6 cm³/mol. The number of amides is 1. The minimum Gasteiger partial charge on any atom is -0.481 e. The van der Waals surface area contributed by atoms with Crippen molar-refractivity contribution in [3.8, 4) is 0 Å². The number of aliphatic carboxylic acids is 1. The summed E-state index contributed by atoms with van der Waals surface area (Å²) in [7, 11) is 0. The van der Waals surface area contributed by atoms with Crippen molar-refractivity contribution in [3.63, 3.8) is 0 Å². The van der Waals surface area contributed by atoms with E-state index < -0.39 is 11.9 Å². The van der Waals surface area contributed by atoms with Crippen LogP contribution in [0.4, 0.5) is 0 Å². The first-order chi connectivity index (χ1) is 8.06. The number of carboxylic acids is 1. The molecule has 1 saturated heterocycles. The molecule has 17 heavy (non-hydrogen) atoms. The number of carboxylic acid groups (broad SMARTS) is 1. The summed E-state index contributed by atoms with van der Waals surface area (Å²) in [6, 6.07) is 0. The lowest BCUT2D eigenvalue weighted by molar-refractivity contribution is -0.142. The average molecular weight is 243 g/mol. The van der Waals surface area contributed by atoms with Crippen LogP contribution in [-0.4, -0.2) is 48.2 Å². The maximum atomic E-state index is 11.8. The van der Waals surface area contributed by atoms with Gasteiger partial charge in [0.25, 0.3) is 0 Å². The lowest BCUT2D eigenvalue weighted by atomic mass is 9.99. The van der Waals surface area contributed by atoms with E-state index in [0.29, 0.717) is 32.7 Å². The molecular weight excluding hydrogens is 222 g/mol. The Hall–Kier alpha value is -1.10.